The maximum atomic E-state index is 13.1. The lowest BCUT2D eigenvalue weighted by atomic mass is 10.0. The number of esters is 1. The van der Waals surface area contributed by atoms with Crippen molar-refractivity contribution in [3.8, 4) is 5.69 Å². The van der Waals surface area contributed by atoms with Crippen molar-refractivity contribution in [2.24, 2.45) is 0 Å². The van der Waals surface area contributed by atoms with Gasteiger partial charge in [-0.2, -0.15) is 0 Å². The summed E-state index contributed by atoms with van der Waals surface area (Å²) in [6, 6.07) is 13.1. The van der Waals surface area contributed by atoms with Crippen molar-refractivity contribution in [1.82, 2.24) is 19.7 Å². The zero-order chi connectivity index (χ0) is 21.4. The van der Waals surface area contributed by atoms with Crippen molar-refractivity contribution in [2.75, 3.05) is 0 Å². The molecule has 2 aromatic heterocycles. The maximum absolute atomic E-state index is 13.1. The first-order valence-electron chi connectivity index (χ1n) is 9.37. The van der Waals surface area contributed by atoms with Crippen LogP contribution in [0.3, 0.4) is 0 Å². The van der Waals surface area contributed by atoms with Crippen molar-refractivity contribution in [1.29, 1.82) is 0 Å². The van der Waals surface area contributed by atoms with Gasteiger partial charge in [-0.15, -0.1) is 5.10 Å². The smallest absolute Gasteiger partial charge is 0.378 e. The van der Waals surface area contributed by atoms with Crippen LogP contribution in [0.15, 0.2) is 48.5 Å². The highest BCUT2D eigenvalue weighted by Gasteiger charge is 2.26. The summed E-state index contributed by atoms with van der Waals surface area (Å²) in [5, 5.41) is 4.92. The molecule has 0 bridgehead atoms. The van der Waals surface area contributed by atoms with Crippen LogP contribution < -0.4 is 0 Å². The van der Waals surface area contributed by atoms with Gasteiger partial charge in [-0.1, -0.05) is 18.2 Å². The van der Waals surface area contributed by atoms with Crippen LogP contribution in [0.25, 0.3) is 16.6 Å². The largest absolute Gasteiger partial charge is 0.448 e. The first-order valence-corrected chi connectivity index (χ1v) is 9.37. The quantitative estimate of drug-likeness (QED) is 0.401. The zero-order valence-corrected chi connectivity index (χ0v) is 16.6. The maximum Gasteiger partial charge on any atom is 0.378 e. The number of Topliss-reactive ketones (excluding diaryl/α,β-unsaturated/α-hetero) is 1. The Balaban J connectivity index is 1.55. The molecule has 4 rings (SSSR count). The second-order valence-electron chi connectivity index (χ2n) is 6.95. The van der Waals surface area contributed by atoms with Crippen LogP contribution in [0.4, 0.5) is 4.39 Å². The van der Waals surface area contributed by atoms with Crippen LogP contribution in [0.5, 0.6) is 0 Å². The number of carbonyl (C=O) groups is 2. The number of halogens is 1. The number of aromatic nitrogens is 4. The van der Waals surface area contributed by atoms with Crippen molar-refractivity contribution in [2.45, 2.75) is 26.9 Å². The van der Waals surface area contributed by atoms with Crippen LogP contribution in [-0.2, 0) is 4.74 Å². The molecule has 1 N–H and O–H groups in total. The van der Waals surface area contributed by atoms with Gasteiger partial charge >= 0.3 is 5.97 Å². The molecule has 8 heteroatoms. The third-order valence-electron chi connectivity index (χ3n) is 4.82. The number of aryl methyl sites for hydroxylation is 2. The van der Waals surface area contributed by atoms with Gasteiger partial charge in [0.2, 0.25) is 5.78 Å². The van der Waals surface area contributed by atoms with Gasteiger partial charge in [0, 0.05) is 22.2 Å². The summed E-state index contributed by atoms with van der Waals surface area (Å²) in [7, 11) is 0. The lowest BCUT2D eigenvalue weighted by Crippen LogP contribution is -2.25. The molecule has 2 heterocycles. The molecule has 30 heavy (non-hydrogen) atoms. The normalized spacial score (nSPS) is 12.1. The second kappa shape index (κ2) is 7.55. The van der Waals surface area contributed by atoms with E-state index in [1.54, 1.807) is 13.8 Å². The Morgan fingerprint density at radius 3 is 2.53 bits per heavy atom. The number of ether oxygens (including phenoxy) is 1. The summed E-state index contributed by atoms with van der Waals surface area (Å²) >= 11 is 0. The molecule has 0 aliphatic rings. The number of fused-ring (bicyclic) bond motifs is 1. The van der Waals surface area contributed by atoms with E-state index in [0.717, 1.165) is 10.9 Å². The predicted molar refractivity (Wildman–Crippen MR) is 108 cm³/mol. The van der Waals surface area contributed by atoms with Gasteiger partial charge in [0.05, 0.1) is 5.69 Å². The van der Waals surface area contributed by atoms with Crippen molar-refractivity contribution in [3.05, 3.63) is 77.3 Å². The fraction of sp³-hybridized carbons (Fsp3) is 0.182. The molecule has 0 unspecified atom stereocenters. The predicted octanol–water partition coefficient (Wildman–Crippen LogP) is 3.93. The highest BCUT2D eigenvalue weighted by atomic mass is 19.1. The van der Waals surface area contributed by atoms with Gasteiger partial charge in [-0.25, -0.2) is 18.9 Å². The lowest BCUT2D eigenvalue weighted by molar-refractivity contribution is 0.0307. The third-order valence-corrected chi connectivity index (χ3v) is 4.82. The summed E-state index contributed by atoms with van der Waals surface area (Å²) in [6.07, 6.45) is -1.02. The standard InChI is InChI=1S/C22H19FN4O3/c1-12-19(17-6-4-5-7-18(17)24-12)20(28)13(2)30-22(29)21-25-14(3)27(26-21)16-10-8-15(23)9-11-16/h4-11,13,24H,1-3H3/t13-/m1/s1. The van der Waals surface area contributed by atoms with Crippen molar-refractivity contribution < 1.29 is 18.7 Å². The Kier molecular flexibility index (Phi) is 4.91. The van der Waals surface area contributed by atoms with Crippen LogP contribution >= 0.6 is 0 Å². The fourth-order valence-corrected chi connectivity index (χ4v) is 3.37. The summed E-state index contributed by atoms with van der Waals surface area (Å²) in [4.78, 5) is 32.8. The number of hydrogen-bond acceptors (Lipinski definition) is 5. The Morgan fingerprint density at radius 1 is 1.10 bits per heavy atom. The van der Waals surface area contributed by atoms with E-state index in [0.29, 0.717) is 22.8 Å². The number of hydrogen-bond donors (Lipinski definition) is 1. The van der Waals surface area contributed by atoms with Gasteiger partial charge in [0.1, 0.15) is 11.6 Å². The Bertz CT molecular complexity index is 1260. The van der Waals surface area contributed by atoms with E-state index in [1.165, 1.54) is 35.9 Å². The first-order chi connectivity index (χ1) is 14.3. The van der Waals surface area contributed by atoms with Crippen molar-refractivity contribution in [3.63, 3.8) is 0 Å². The molecule has 7 nitrogen and oxygen atoms in total. The summed E-state index contributed by atoms with van der Waals surface area (Å²) < 4.78 is 19.9. The zero-order valence-electron chi connectivity index (χ0n) is 16.6. The molecule has 152 valence electrons. The van der Waals surface area contributed by atoms with Gasteiger partial charge in [0.15, 0.2) is 6.10 Å². The third kappa shape index (κ3) is 3.47. The molecule has 0 radical (unpaired) electrons. The molecule has 0 aliphatic carbocycles. The van der Waals surface area contributed by atoms with Crippen LogP contribution in [0.1, 0.15) is 39.4 Å². The monoisotopic (exact) mass is 406 g/mol. The summed E-state index contributed by atoms with van der Waals surface area (Å²) in [6.45, 7) is 4.99. The van der Waals surface area contributed by atoms with Crippen LogP contribution in [0, 0.1) is 19.7 Å². The van der Waals surface area contributed by atoms with Gasteiger partial charge in [0.25, 0.3) is 5.82 Å². The van der Waals surface area contributed by atoms with E-state index < -0.39 is 12.1 Å². The average Bonchev–Trinajstić information content (AvgIpc) is 3.27. The van der Waals surface area contributed by atoms with E-state index in [1.807, 2.05) is 24.3 Å². The minimum Gasteiger partial charge on any atom is -0.448 e. The molecule has 0 amide bonds. The molecule has 0 aliphatic heterocycles. The Morgan fingerprint density at radius 2 is 1.80 bits per heavy atom. The minimum absolute atomic E-state index is 0.174. The minimum atomic E-state index is -1.02. The van der Waals surface area contributed by atoms with E-state index in [2.05, 4.69) is 15.1 Å². The topological polar surface area (TPSA) is 89.9 Å². The molecular formula is C22H19FN4O3. The molecule has 0 saturated heterocycles. The molecule has 1 atom stereocenters. The van der Waals surface area contributed by atoms with Gasteiger partial charge in [-0.05, 0) is 51.1 Å². The molecule has 0 spiro atoms. The molecule has 2 aromatic carbocycles. The van der Waals surface area contributed by atoms with Crippen LogP contribution in [0.2, 0.25) is 0 Å². The number of para-hydroxylation sites is 1. The molecule has 4 aromatic rings. The number of rotatable bonds is 5. The summed E-state index contributed by atoms with van der Waals surface area (Å²) in [5.41, 5.74) is 2.59. The average molecular weight is 406 g/mol. The number of ketones is 1. The van der Waals surface area contributed by atoms with E-state index in [-0.39, 0.29) is 17.4 Å². The number of carbonyl (C=O) groups excluding carboxylic acids is 2. The van der Waals surface area contributed by atoms with E-state index >= 15 is 0 Å². The molecular weight excluding hydrogens is 387 g/mol. The fourth-order valence-electron chi connectivity index (χ4n) is 3.37. The lowest BCUT2D eigenvalue weighted by Gasteiger charge is -2.11. The van der Waals surface area contributed by atoms with Crippen molar-refractivity contribution >= 4 is 22.7 Å². The number of nitrogens with one attached hydrogen (secondary N) is 1. The number of nitrogens with zero attached hydrogens (tertiary/aromatic N) is 3. The van der Waals surface area contributed by atoms with Crippen LogP contribution in [-0.4, -0.2) is 37.6 Å². The SMILES string of the molecule is Cc1[nH]c2ccccc2c1C(=O)[C@@H](C)OC(=O)c1nc(C)n(-c2ccc(F)cc2)n1. The molecule has 0 fully saturated rings. The summed E-state index contributed by atoms with van der Waals surface area (Å²) in [5.74, 6) is -1.24. The molecule has 0 saturated carbocycles. The Labute approximate surface area is 171 Å². The Hall–Kier alpha value is -3.81. The second-order valence-corrected chi connectivity index (χ2v) is 6.95. The highest BCUT2D eigenvalue weighted by Crippen LogP contribution is 2.24. The van der Waals surface area contributed by atoms with Gasteiger partial charge < -0.3 is 9.72 Å². The highest BCUT2D eigenvalue weighted by molar-refractivity contribution is 6.11. The van der Waals surface area contributed by atoms with E-state index in [4.69, 9.17) is 4.74 Å². The number of H-pyrrole nitrogens is 1. The van der Waals surface area contributed by atoms with E-state index in [9.17, 15) is 14.0 Å². The number of aromatic amines is 1. The number of benzene rings is 2. The first kappa shape index (κ1) is 19.5. The van der Waals surface area contributed by atoms with Gasteiger partial charge in [-0.3, -0.25) is 4.79 Å².